The van der Waals surface area contributed by atoms with E-state index in [-0.39, 0.29) is 18.4 Å². The maximum absolute atomic E-state index is 12.4. The molecule has 0 fully saturated rings. The Bertz CT molecular complexity index is 644. The van der Waals surface area contributed by atoms with E-state index in [9.17, 15) is 14.0 Å². The summed E-state index contributed by atoms with van der Waals surface area (Å²) in [4.78, 5) is 25.6. The molecule has 1 aliphatic heterocycles. The van der Waals surface area contributed by atoms with Crippen molar-refractivity contribution in [2.75, 3.05) is 0 Å². The van der Waals surface area contributed by atoms with Crippen LogP contribution in [0.5, 0.6) is 0 Å². The lowest BCUT2D eigenvalue weighted by Crippen LogP contribution is -2.29. The minimum Gasteiger partial charge on any atom is -0.270 e. The average molecular weight is 269 g/mol. The smallest absolute Gasteiger partial charge is 0.261 e. The Morgan fingerprint density at radius 1 is 0.800 bits per heavy atom. The van der Waals surface area contributed by atoms with Gasteiger partial charge in [-0.3, -0.25) is 14.5 Å². The number of carbonyl (C=O) groups excluding carboxylic acids is 2. The molecule has 1 aliphatic rings. The predicted octanol–water partition coefficient (Wildman–Crippen LogP) is 2.95. The largest absolute Gasteiger partial charge is 0.270 e. The molecular weight excluding hydrogens is 257 g/mol. The van der Waals surface area contributed by atoms with E-state index in [2.05, 4.69) is 0 Å². The number of hydrogen-bond acceptors (Lipinski definition) is 2. The van der Waals surface area contributed by atoms with Crippen LogP contribution in [0.2, 0.25) is 0 Å². The van der Waals surface area contributed by atoms with Gasteiger partial charge in [0.05, 0.1) is 17.7 Å². The Balaban J connectivity index is 1.85. The first-order valence-electron chi connectivity index (χ1n) is 6.29. The monoisotopic (exact) mass is 269 g/mol. The first kappa shape index (κ1) is 12.5. The molecule has 3 nitrogen and oxygen atoms in total. The van der Waals surface area contributed by atoms with Gasteiger partial charge in [0.15, 0.2) is 0 Å². The molecule has 2 amide bonds. The van der Waals surface area contributed by atoms with Gasteiger partial charge in [0.1, 0.15) is 6.67 Å². The van der Waals surface area contributed by atoms with Crippen molar-refractivity contribution in [1.82, 2.24) is 4.90 Å². The van der Waals surface area contributed by atoms with Gasteiger partial charge in [0, 0.05) is 0 Å². The van der Waals surface area contributed by atoms with E-state index in [4.69, 9.17) is 0 Å². The first-order valence-corrected chi connectivity index (χ1v) is 6.29. The summed E-state index contributed by atoms with van der Waals surface area (Å²) in [6.45, 7) is -0.313. The second kappa shape index (κ2) is 4.89. The third-order valence-corrected chi connectivity index (χ3v) is 3.40. The summed E-state index contributed by atoms with van der Waals surface area (Å²) in [5.41, 5.74) is 2.27. The lowest BCUT2D eigenvalue weighted by molar-refractivity contribution is 0.0642. The number of rotatable bonds is 3. The number of amides is 2. The fourth-order valence-electron chi connectivity index (χ4n) is 2.30. The number of alkyl halides is 1. The number of nitrogens with zero attached hydrogens (tertiary/aromatic N) is 1. The summed E-state index contributed by atoms with van der Waals surface area (Å²) in [6.07, 6.45) is 0. The Morgan fingerprint density at radius 2 is 1.30 bits per heavy atom. The zero-order chi connectivity index (χ0) is 14.1. The molecule has 2 aromatic rings. The van der Waals surface area contributed by atoms with Crippen molar-refractivity contribution in [3.63, 3.8) is 0 Å². The summed E-state index contributed by atoms with van der Waals surface area (Å²) in [6, 6.07) is 13.6. The van der Waals surface area contributed by atoms with E-state index in [1.165, 1.54) is 4.90 Å². The Labute approximate surface area is 115 Å². The zero-order valence-corrected chi connectivity index (χ0v) is 10.7. The Morgan fingerprint density at radius 3 is 1.80 bits per heavy atom. The summed E-state index contributed by atoms with van der Waals surface area (Å²) >= 11 is 0. The van der Waals surface area contributed by atoms with Crippen LogP contribution in [-0.4, -0.2) is 16.7 Å². The standard InChI is InChI=1S/C16H12FNO2/c17-9-11-5-7-12(8-6-11)10-18-15(19)13-3-1-2-4-14(13)16(18)20/h1-8H,9-10H2. The topological polar surface area (TPSA) is 37.4 Å². The van der Waals surface area contributed by atoms with Crippen molar-refractivity contribution in [2.24, 2.45) is 0 Å². The highest BCUT2D eigenvalue weighted by molar-refractivity contribution is 6.21. The molecule has 0 N–H and O–H groups in total. The minimum atomic E-state index is -0.521. The predicted molar refractivity (Wildman–Crippen MR) is 71.9 cm³/mol. The van der Waals surface area contributed by atoms with Gasteiger partial charge in [-0.25, -0.2) is 4.39 Å². The molecule has 0 saturated carbocycles. The van der Waals surface area contributed by atoms with Crippen LogP contribution in [-0.2, 0) is 13.2 Å². The molecule has 0 aliphatic carbocycles. The highest BCUT2D eigenvalue weighted by Gasteiger charge is 2.34. The number of carbonyl (C=O) groups is 2. The van der Waals surface area contributed by atoms with Gasteiger partial charge in [-0.15, -0.1) is 0 Å². The van der Waals surface area contributed by atoms with Crippen molar-refractivity contribution in [3.8, 4) is 0 Å². The quantitative estimate of drug-likeness (QED) is 0.803. The maximum Gasteiger partial charge on any atom is 0.261 e. The fourth-order valence-corrected chi connectivity index (χ4v) is 2.30. The lowest BCUT2D eigenvalue weighted by Gasteiger charge is -2.13. The SMILES string of the molecule is O=C1c2ccccc2C(=O)N1Cc1ccc(CF)cc1. The Hall–Kier alpha value is -2.49. The van der Waals surface area contributed by atoms with Crippen molar-refractivity contribution in [1.29, 1.82) is 0 Å². The average Bonchev–Trinajstić information content (AvgIpc) is 2.74. The third kappa shape index (κ3) is 1.99. The van der Waals surface area contributed by atoms with Gasteiger partial charge in [-0.05, 0) is 23.3 Å². The minimum absolute atomic E-state index is 0.207. The fraction of sp³-hybridized carbons (Fsp3) is 0.125. The van der Waals surface area contributed by atoms with E-state index < -0.39 is 6.67 Å². The number of hydrogen-bond donors (Lipinski definition) is 0. The zero-order valence-electron chi connectivity index (χ0n) is 10.7. The summed E-state index contributed by atoms with van der Waals surface area (Å²) in [5.74, 6) is -0.555. The molecule has 0 radical (unpaired) electrons. The first-order chi connectivity index (χ1) is 9.70. The molecule has 0 saturated heterocycles. The number of fused-ring (bicyclic) bond motifs is 1. The second-order valence-electron chi connectivity index (χ2n) is 4.69. The molecule has 100 valence electrons. The molecule has 4 heteroatoms. The molecule has 2 aromatic carbocycles. The highest BCUT2D eigenvalue weighted by atomic mass is 19.1. The van der Waals surface area contributed by atoms with Crippen LogP contribution in [0.1, 0.15) is 31.8 Å². The van der Waals surface area contributed by atoms with Crippen LogP contribution >= 0.6 is 0 Å². The molecule has 20 heavy (non-hydrogen) atoms. The van der Waals surface area contributed by atoms with Crippen LogP contribution in [0.15, 0.2) is 48.5 Å². The normalized spacial score (nSPS) is 13.8. The van der Waals surface area contributed by atoms with Gasteiger partial charge in [-0.1, -0.05) is 36.4 Å². The van der Waals surface area contributed by atoms with Crippen LogP contribution in [0.3, 0.4) is 0 Å². The lowest BCUT2D eigenvalue weighted by atomic mass is 10.1. The third-order valence-electron chi connectivity index (χ3n) is 3.40. The molecule has 0 spiro atoms. The molecule has 0 unspecified atom stereocenters. The summed E-state index contributed by atoms with van der Waals surface area (Å²) in [5, 5.41) is 0. The summed E-state index contributed by atoms with van der Waals surface area (Å²) in [7, 11) is 0. The Kier molecular flexibility index (Phi) is 3.06. The number of halogens is 1. The molecule has 0 aromatic heterocycles. The highest BCUT2D eigenvalue weighted by Crippen LogP contribution is 2.24. The van der Waals surface area contributed by atoms with Crippen LogP contribution in [0.25, 0.3) is 0 Å². The van der Waals surface area contributed by atoms with Crippen LogP contribution in [0, 0.1) is 0 Å². The van der Waals surface area contributed by atoms with E-state index in [0.29, 0.717) is 16.7 Å². The van der Waals surface area contributed by atoms with Crippen molar-refractivity contribution >= 4 is 11.8 Å². The van der Waals surface area contributed by atoms with E-state index in [0.717, 1.165) is 5.56 Å². The number of imide groups is 1. The molecule has 0 atom stereocenters. The number of benzene rings is 2. The van der Waals surface area contributed by atoms with Gasteiger partial charge < -0.3 is 0 Å². The molecular formula is C16H12FNO2. The summed E-state index contributed by atoms with van der Waals surface area (Å²) < 4.78 is 12.4. The van der Waals surface area contributed by atoms with Gasteiger partial charge in [0.25, 0.3) is 11.8 Å². The van der Waals surface area contributed by atoms with E-state index in [1.54, 1.807) is 48.5 Å². The van der Waals surface area contributed by atoms with Gasteiger partial charge in [-0.2, -0.15) is 0 Å². The maximum atomic E-state index is 12.4. The molecule has 0 bridgehead atoms. The van der Waals surface area contributed by atoms with Crippen molar-refractivity contribution in [2.45, 2.75) is 13.2 Å². The second-order valence-corrected chi connectivity index (χ2v) is 4.69. The molecule has 3 rings (SSSR count). The molecule has 1 heterocycles. The van der Waals surface area contributed by atoms with Crippen molar-refractivity contribution < 1.29 is 14.0 Å². The van der Waals surface area contributed by atoms with Gasteiger partial charge >= 0.3 is 0 Å². The van der Waals surface area contributed by atoms with E-state index in [1.807, 2.05) is 0 Å². The van der Waals surface area contributed by atoms with Gasteiger partial charge in [0.2, 0.25) is 0 Å². The van der Waals surface area contributed by atoms with Crippen molar-refractivity contribution in [3.05, 3.63) is 70.8 Å². The van der Waals surface area contributed by atoms with E-state index >= 15 is 0 Å². The van der Waals surface area contributed by atoms with Crippen LogP contribution in [0.4, 0.5) is 4.39 Å². The van der Waals surface area contributed by atoms with Crippen LogP contribution < -0.4 is 0 Å².